The van der Waals surface area contributed by atoms with Gasteiger partial charge in [-0.15, -0.1) is 0 Å². The van der Waals surface area contributed by atoms with Crippen LogP contribution in [-0.2, 0) is 9.47 Å². The summed E-state index contributed by atoms with van der Waals surface area (Å²) in [5.74, 6) is 0.0328. The van der Waals surface area contributed by atoms with Crippen LogP contribution >= 0.6 is 0 Å². The number of likely N-dealkylation sites (N-methyl/N-ethyl adjacent to an activating group) is 1. The minimum atomic E-state index is -0.0445. The summed E-state index contributed by atoms with van der Waals surface area (Å²) in [6.45, 7) is 4.81. The van der Waals surface area contributed by atoms with Gasteiger partial charge in [-0.3, -0.25) is 9.78 Å². The largest absolute Gasteiger partial charge is 0.373 e. The van der Waals surface area contributed by atoms with Gasteiger partial charge in [-0.2, -0.15) is 0 Å². The third kappa shape index (κ3) is 3.77. The normalized spacial score (nSPS) is 26.7. The first-order valence-electron chi connectivity index (χ1n) is 8.67. The number of aryl methyl sites for hydroxylation is 1. The van der Waals surface area contributed by atoms with E-state index in [1.807, 2.05) is 32.0 Å². The molecule has 0 radical (unpaired) electrons. The average molecular weight is 333 g/mol. The highest BCUT2D eigenvalue weighted by Gasteiger charge is 2.46. The van der Waals surface area contributed by atoms with Crippen molar-refractivity contribution in [2.24, 2.45) is 0 Å². The van der Waals surface area contributed by atoms with E-state index in [2.05, 4.69) is 9.88 Å². The minimum absolute atomic E-state index is 0.0115. The van der Waals surface area contributed by atoms with Crippen molar-refractivity contribution in [1.29, 1.82) is 0 Å². The molecule has 0 aromatic carbocycles. The van der Waals surface area contributed by atoms with Crippen molar-refractivity contribution in [2.75, 3.05) is 40.4 Å². The van der Waals surface area contributed by atoms with Gasteiger partial charge in [0.05, 0.1) is 24.8 Å². The highest BCUT2D eigenvalue weighted by atomic mass is 16.5. The van der Waals surface area contributed by atoms with Gasteiger partial charge < -0.3 is 19.3 Å². The number of pyridine rings is 1. The smallest absolute Gasteiger partial charge is 0.255 e. The minimum Gasteiger partial charge on any atom is -0.373 e. The van der Waals surface area contributed by atoms with E-state index in [1.54, 1.807) is 12.4 Å². The summed E-state index contributed by atoms with van der Waals surface area (Å²) in [6.07, 6.45) is 5.32. The zero-order valence-electron chi connectivity index (χ0n) is 14.8. The van der Waals surface area contributed by atoms with E-state index in [-0.39, 0.29) is 24.2 Å². The lowest BCUT2D eigenvalue weighted by Crippen LogP contribution is -2.44. The molecule has 2 saturated heterocycles. The number of carbonyl (C=O) groups is 1. The molecule has 0 unspecified atom stereocenters. The zero-order valence-corrected chi connectivity index (χ0v) is 14.8. The molecule has 2 fully saturated rings. The molecule has 6 nitrogen and oxygen atoms in total. The molecule has 6 heteroatoms. The van der Waals surface area contributed by atoms with Crippen LogP contribution in [0.15, 0.2) is 18.5 Å². The Labute approximate surface area is 143 Å². The number of carbonyl (C=O) groups excluding carboxylic acids is 1. The van der Waals surface area contributed by atoms with Crippen LogP contribution in [0.5, 0.6) is 0 Å². The molecular weight excluding hydrogens is 306 g/mol. The predicted molar refractivity (Wildman–Crippen MR) is 91.1 cm³/mol. The monoisotopic (exact) mass is 333 g/mol. The summed E-state index contributed by atoms with van der Waals surface area (Å²) in [5, 5.41) is 0. The fourth-order valence-electron chi connectivity index (χ4n) is 3.51. The van der Waals surface area contributed by atoms with Crippen molar-refractivity contribution >= 4 is 5.91 Å². The Balaban J connectivity index is 1.72. The summed E-state index contributed by atoms with van der Waals surface area (Å²) in [6, 6.07) is 2.00. The lowest BCUT2D eigenvalue weighted by Gasteiger charge is -2.32. The number of fused-ring (bicyclic) bond motifs is 1. The van der Waals surface area contributed by atoms with E-state index < -0.39 is 0 Å². The molecule has 24 heavy (non-hydrogen) atoms. The molecule has 3 atom stereocenters. The van der Waals surface area contributed by atoms with Crippen LogP contribution in [0.4, 0.5) is 0 Å². The van der Waals surface area contributed by atoms with Crippen LogP contribution in [0.3, 0.4) is 0 Å². The van der Waals surface area contributed by atoms with Crippen LogP contribution in [0, 0.1) is 6.92 Å². The Kier molecular flexibility index (Phi) is 5.48. The van der Waals surface area contributed by atoms with Crippen molar-refractivity contribution in [3.63, 3.8) is 0 Å². The molecule has 0 spiro atoms. The summed E-state index contributed by atoms with van der Waals surface area (Å²) < 4.78 is 12.0. The lowest BCUT2D eigenvalue weighted by atomic mass is 10.0. The number of hydrogen-bond donors (Lipinski definition) is 0. The first-order chi connectivity index (χ1) is 11.6. The van der Waals surface area contributed by atoms with Gasteiger partial charge in [-0.05, 0) is 45.5 Å². The molecule has 1 amide bonds. The topological polar surface area (TPSA) is 54.9 Å². The van der Waals surface area contributed by atoms with Crippen molar-refractivity contribution in [1.82, 2.24) is 14.8 Å². The predicted octanol–water partition coefficient (Wildman–Crippen LogP) is 1.34. The average Bonchev–Trinajstić information content (AvgIpc) is 2.93. The SMILES string of the molecule is Cc1cncc(C(=O)N2C[C@H](OCCN(C)C)[C@H]3OCCC[C@H]32)c1. The molecule has 0 bridgehead atoms. The number of hydrogen-bond acceptors (Lipinski definition) is 5. The second-order valence-electron chi connectivity index (χ2n) is 6.97. The van der Waals surface area contributed by atoms with Gasteiger partial charge in [-0.25, -0.2) is 0 Å². The van der Waals surface area contributed by atoms with E-state index >= 15 is 0 Å². The Hall–Kier alpha value is -1.50. The molecule has 132 valence electrons. The summed E-state index contributed by atoms with van der Waals surface area (Å²) in [4.78, 5) is 21.1. The number of aromatic nitrogens is 1. The first kappa shape index (κ1) is 17.3. The Morgan fingerprint density at radius 2 is 2.29 bits per heavy atom. The van der Waals surface area contributed by atoms with E-state index in [0.717, 1.165) is 31.6 Å². The fraction of sp³-hybridized carbons (Fsp3) is 0.667. The Bertz CT molecular complexity index is 578. The van der Waals surface area contributed by atoms with E-state index in [9.17, 15) is 4.79 Å². The maximum absolute atomic E-state index is 12.9. The fourth-order valence-corrected chi connectivity index (χ4v) is 3.51. The summed E-state index contributed by atoms with van der Waals surface area (Å²) in [7, 11) is 4.05. The maximum atomic E-state index is 12.9. The molecule has 3 heterocycles. The van der Waals surface area contributed by atoms with Crippen LogP contribution in [0.25, 0.3) is 0 Å². The zero-order chi connectivity index (χ0) is 17.1. The number of rotatable bonds is 5. The van der Waals surface area contributed by atoms with Crippen molar-refractivity contribution < 1.29 is 14.3 Å². The molecule has 1 aromatic rings. The molecule has 2 aliphatic rings. The van der Waals surface area contributed by atoms with Crippen LogP contribution in [0.1, 0.15) is 28.8 Å². The first-order valence-corrected chi connectivity index (χ1v) is 8.67. The van der Waals surface area contributed by atoms with Gasteiger partial charge in [-0.1, -0.05) is 0 Å². The number of nitrogens with zero attached hydrogens (tertiary/aromatic N) is 3. The third-order valence-electron chi connectivity index (χ3n) is 4.73. The van der Waals surface area contributed by atoms with Crippen molar-refractivity contribution in [3.8, 4) is 0 Å². The van der Waals surface area contributed by atoms with Crippen molar-refractivity contribution in [3.05, 3.63) is 29.6 Å². The Morgan fingerprint density at radius 1 is 1.46 bits per heavy atom. The number of ether oxygens (including phenoxy) is 2. The van der Waals surface area contributed by atoms with Crippen LogP contribution in [-0.4, -0.2) is 79.3 Å². The van der Waals surface area contributed by atoms with Gasteiger partial charge in [0.25, 0.3) is 5.91 Å². The van der Waals surface area contributed by atoms with Crippen molar-refractivity contribution in [2.45, 2.75) is 38.0 Å². The van der Waals surface area contributed by atoms with Crippen LogP contribution < -0.4 is 0 Å². The van der Waals surface area contributed by atoms with Gasteiger partial charge in [0.15, 0.2) is 0 Å². The quantitative estimate of drug-likeness (QED) is 0.814. The van der Waals surface area contributed by atoms with E-state index in [1.165, 1.54) is 0 Å². The van der Waals surface area contributed by atoms with Crippen LogP contribution in [0.2, 0.25) is 0 Å². The highest BCUT2D eigenvalue weighted by molar-refractivity contribution is 5.94. The summed E-state index contributed by atoms with van der Waals surface area (Å²) >= 11 is 0. The second kappa shape index (κ2) is 7.59. The van der Waals surface area contributed by atoms with E-state index in [0.29, 0.717) is 18.7 Å². The third-order valence-corrected chi connectivity index (χ3v) is 4.73. The van der Waals surface area contributed by atoms with Gasteiger partial charge in [0.1, 0.15) is 12.2 Å². The Morgan fingerprint density at radius 3 is 3.04 bits per heavy atom. The van der Waals surface area contributed by atoms with Gasteiger partial charge in [0, 0.05) is 25.5 Å². The molecule has 2 aliphatic heterocycles. The molecule has 1 aromatic heterocycles. The molecule has 3 rings (SSSR count). The summed E-state index contributed by atoms with van der Waals surface area (Å²) in [5.41, 5.74) is 1.64. The standard InChI is InChI=1S/C18H27N3O3/c1-13-9-14(11-19-10-13)18(22)21-12-16(23-8-6-20(2)3)17-15(21)5-4-7-24-17/h9-11,15-17H,4-8,12H2,1-3H3/t15-,16+,17+/m1/s1. The van der Waals surface area contributed by atoms with Gasteiger partial charge in [0.2, 0.25) is 0 Å². The molecular formula is C18H27N3O3. The van der Waals surface area contributed by atoms with E-state index in [4.69, 9.17) is 9.47 Å². The second-order valence-corrected chi connectivity index (χ2v) is 6.97. The van der Waals surface area contributed by atoms with Gasteiger partial charge >= 0.3 is 0 Å². The highest BCUT2D eigenvalue weighted by Crippen LogP contribution is 2.31. The molecule has 0 aliphatic carbocycles. The molecule has 0 saturated carbocycles. The number of amides is 1. The maximum Gasteiger partial charge on any atom is 0.255 e. The lowest BCUT2D eigenvalue weighted by molar-refractivity contribution is -0.0776. The number of likely N-dealkylation sites (tertiary alicyclic amines) is 1. The molecule has 0 N–H and O–H groups in total.